The van der Waals surface area contributed by atoms with Crippen molar-refractivity contribution in [1.29, 1.82) is 0 Å². The van der Waals surface area contributed by atoms with Crippen LogP contribution in [0.4, 0.5) is 24.5 Å². The molecule has 0 atom stereocenters. The number of carbonyl (C=O) groups is 2. The number of nitro groups is 1. The van der Waals surface area contributed by atoms with E-state index in [1.54, 1.807) is 0 Å². The van der Waals surface area contributed by atoms with Crippen LogP contribution in [0.2, 0.25) is 0 Å². The standard InChI is InChI=1S/C18H13F3N2O4/c1-11(24)16(10-12-3-2-4-13(9-12)18(19,20)21)17(25)22-14-5-7-15(8-6-14)23(26)27/h2-10H,1H3,(H,22,25)/b16-10+. The summed E-state index contributed by atoms with van der Waals surface area (Å²) >= 11 is 0. The van der Waals surface area contributed by atoms with Crippen molar-refractivity contribution in [2.75, 3.05) is 5.32 Å². The van der Waals surface area contributed by atoms with Gasteiger partial charge in [0.05, 0.1) is 16.1 Å². The number of anilines is 1. The van der Waals surface area contributed by atoms with Crippen LogP contribution in [-0.2, 0) is 15.8 Å². The first-order valence-electron chi connectivity index (χ1n) is 7.53. The summed E-state index contributed by atoms with van der Waals surface area (Å²) in [6, 6.07) is 9.08. The number of halogens is 3. The van der Waals surface area contributed by atoms with Gasteiger partial charge in [0.1, 0.15) is 0 Å². The highest BCUT2D eigenvalue weighted by Gasteiger charge is 2.30. The van der Waals surface area contributed by atoms with Crippen molar-refractivity contribution in [3.63, 3.8) is 0 Å². The Bertz CT molecular complexity index is 919. The molecule has 2 aromatic rings. The van der Waals surface area contributed by atoms with Gasteiger partial charge in [-0.3, -0.25) is 19.7 Å². The molecule has 0 aliphatic rings. The lowest BCUT2D eigenvalue weighted by Crippen LogP contribution is -2.19. The minimum Gasteiger partial charge on any atom is -0.322 e. The molecule has 0 heterocycles. The molecule has 0 aromatic heterocycles. The molecule has 27 heavy (non-hydrogen) atoms. The van der Waals surface area contributed by atoms with Crippen molar-refractivity contribution in [2.24, 2.45) is 0 Å². The van der Waals surface area contributed by atoms with Crippen LogP contribution >= 0.6 is 0 Å². The molecule has 2 aromatic carbocycles. The number of alkyl halides is 3. The van der Waals surface area contributed by atoms with Gasteiger partial charge in [-0.1, -0.05) is 12.1 Å². The van der Waals surface area contributed by atoms with Crippen LogP contribution in [0.5, 0.6) is 0 Å². The molecule has 0 fully saturated rings. The third-order valence-corrected chi connectivity index (χ3v) is 3.48. The first kappa shape index (κ1) is 19.8. The number of rotatable bonds is 5. The third kappa shape index (κ3) is 5.24. The molecule has 2 rings (SSSR count). The highest BCUT2D eigenvalue weighted by molar-refractivity contribution is 6.25. The zero-order chi connectivity index (χ0) is 20.2. The van der Waals surface area contributed by atoms with E-state index in [-0.39, 0.29) is 22.5 Å². The fraction of sp³-hybridized carbons (Fsp3) is 0.111. The number of hydrogen-bond acceptors (Lipinski definition) is 4. The Morgan fingerprint density at radius 2 is 1.74 bits per heavy atom. The maximum Gasteiger partial charge on any atom is 0.416 e. The minimum atomic E-state index is -4.55. The summed E-state index contributed by atoms with van der Waals surface area (Å²) in [5.74, 6) is -1.49. The molecule has 0 aliphatic carbocycles. The minimum absolute atomic E-state index is 0.0360. The van der Waals surface area contributed by atoms with Crippen LogP contribution in [0.1, 0.15) is 18.1 Å². The number of nitrogens with one attached hydrogen (secondary N) is 1. The SMILES string of the molecule is CC(=O)/C(=C\c1cccc(C(F)(F)F)c1)C(=O)Nc1ccc([N+](=O)[O-])cc1. The summed E-state index contributed by atoms with van der Waals surface area (Å²) < 4.78 is 38.4. The smallest absolute Gasteiger partial charge is 0.322 e. The van der Waals surface area contributed by atoms with Gasteiger partial charge in [-0.05, 0) is 42.8 Å². The fourth-order valence-corrected chi connectivity index (χ4v) is 2.16. The second-order valence-electron chi connectivity index (χ2n) is 5.50. The van der Waals surface area contributed by atoms with E-state index in [2.05, 4.69) is 5.32 Å². The lowest BCUT2D eigenvalue weighted by Gasteiger charge is -2.09. The van der Waals surface area contributed by atoms with Gasteiger partial charge in [0.25, 0.3) is 11.6 Å². The molecule has 0 unspecified atom stereocenters. The number of benzene rings is 2. The average Bonchev–Trinajstić information content (AvgIpc) is 2.59. The molecule has 140 valence electrons. The number of Topliss-reactive ketones (excluding diaryl/α,β-unsaturated/α-hetero) is 1. The Balaban J connectivity index is 2.28. The summed E-state index contributed by atoms with van der Waals surface area (Å²) in [6.07, 6.45) is -3.50. The summed E-state index contributed by atoms with van der Waals surface area (Å²) in [7, 11) is 0. The van der Waals surface area contributed by atoms with Crippen molar-refractivity contribution < 1.29 is 27.7 Å². The van der Waals surface area contributed by atoms with Gasteiger partial charge in [0.2, 0.25) is 0 Å². The van der Waals surface area contributed by atoms with E-state index in [1.807, 2.05) is 0 Å². The van der Waals surface area contributed by atoms with Gasteiger partial charge in [0, 0.05) is 17.8 Å². The zero-order valence-corrected chi connectivity index (χ0v) is 13.9. The van der Waals surface area contributed by atoms with Crippen LogP contribution in [0, 0.1) is 10.1 Å². The van der Waals surface area contributed by atoms with E-state index in [0.717, 1.165) is 25.1 Å². The molecule has 0 saturated heterocycles. The molecule has 6 nitrogen and oxygen atoms in total. The first-order chi connectivity index (χ1) is 12.6. The van der Waals surface area contributed by atoms with E-state index >= 15 is 0 Å². The normalized spacial score (nSPS) is 11.8. The Labute approximate surface area is 151 Å². The Hall–Kier alpha value is -3.49. The number of carbonyl (C=O) groups excluding carboxylic acids is 2. The molecule has 0 bridgehead atoms. The van der Waals surface area contributed by atoms with Gasteiger partial charge in [-0.2, -0.15) is 13.2 Å². The highest BCUT2D eigenvalue weighted by atomic mass is 19.4. The quantitative estimate of drug-likeness (QED) is 0.277. The lowest BCUT2D eigenvalue weighted by molar-refractivity contribution is -0.384. The number of amides is 1. The second kappa shape index (κ2) is 7.81. The summed E-state index contributed by atoms with van der Waals surface area (Å²) in [5, 5.41) is 13.0. The molecule has 1 amide bonds. The summed E-state index contributed by atoms with van der Waals surface area (Å²) in [5.41, 5.74) is -1.21. The van der Waals surface area contributed by atoms with Crippen molar-refractivity contribution in [2.45, 2.75) is 13.1 Å². The third-order valence-electron chi connectivity index (χ3n) is 3.48. The molecule has 0 spiro atoms. The monoisotopic (exact) mass is 378 g/mol. The molecule has 0 saturated carbocycles. The maximum atomic E-state index is 12.8. The van der Waals surface area contributed by atoms with Crippen molar-refractivity contribution in [1.82, 2.24) is 0 Å². The van der Waals surface area contributed by atoms with E-state index in [9.17, 15) is 32.9 Å². The summed E-state index contributed by atoms with van der Waals surface area (Å²) in [4.78, 5) is 34.1. The van der Waals surface area contributed by atoms with Crippen LogP contribution in [0.3, 0.4) is 0 Å². The van der Waals surface area contributed by atoms with E-state index < -0.39 is 28.4 Å². The van der Waals surface area contributed by atoms with E-state index in [1.165, 1.54) is 36.4 Å². The van der Waals surface area contributed by atoms with Gasteiger partial charge in [0.15, 0.2) is 5.78 Å². The number of nitro benzene ring substituents is 1. The van der Waals surface area contributed by atoms with Gasteiger partial charge in [-0.15, -0.1) is 0 Å². The molecule has 0 radical (unpaired) electrons. The second-order valence-corrected chi connectivity index (χ2v) is 5.50. The number of non-ortho nitro benzene ring substituents is 1. The van der Waals surface area contributed by atoms with Crippen LogP contribution in [-0.4, -0.2) is 16.6 Å². The number of nitrogens with zero attached hydrogens (tertiary/aromatic N) is 1. The van der Waals surface area contributed by atoms with Crippen LogP contribution in [0.25, 0.3) is 6.08 Å². The molecular weight excluding hydrogens is 365 g/mol. The average molecular weight is 378 g/mol. The Kier molecular flexibility index (Phi) is 5.74. The molecule has 9 heteroatoms. The summed E-state index contributed by atoms with van der Waals surface area (Å²) in [6.45, 7) is 1.11. The topological polar surface area (TPSA) is 89.3 Å². The van der Waals surface area contributed by atoms with E-state index in [0.29, 0.717) is 0 Å². The van der Waals surface area contributed by atoms with E-state index in [4.69, 9.17) is 0 Å². The lowest BCUT2D eigenvalue weighted by atomic mass is 10.0. The number of hydrogen-bond donors (Lipinski definition) is 1. The highest BCUT2D eigenvalue weighted by Crippen LogP contribution is 2.30. The Morgan fingerprint density at radius 1 is 1.11 bits per heavy atom. The van der Waals surface area contributed by atoms with Gasteiger partial charge in [-0.25, -0.2) is 0 Å². The molecular formula is C18H13F3N2O4. The number of ketones is 1. The largest absolute Gasteiger partial charge is 0.416 e. The molecule has 1 N–H and O–H groups in total. The van der Waals surface area contributed by atoms with Crippen molar-refractivity contribution in [3.8, 4) is 0 Å². The zero-order valence-electron chi connectivity index (χ0n) is 13.9. The predicted molar refractivity (Wildman–Crippen MR) is 91.8 cm³/mol. The van der Waals surface area contributed by atoms with Crippen molar-refractivity contribution in [3.05, 3.63) is 75.3 Å². The van der Waals surface area contributed by atoms with Crippen LogP contribution < -0.4 is 5.32 Å². The van der Waals surface area contributed by atoms with Gasteiger partial charge < -0.3 is 5.32 Å². The predicted octanol–water partition coefficient (Wildman–Crippen LogP) is 4.22. The Morgan fingerprint density at radius 3 is 2.26 bits per heavy atom. The van der Waals surface area contributed by atoms with Crippen molar-refractivity contribution >= 4 is 29.1 Å². The van der Waals surface area contributed by atoms with Gasteiger partial charge >= 0.3 is 6.18 Å². The molecule has 0 aliphatic heterocycles. The maximum absolute atomic E-state index is 12.8. The van der Waals surface area contributed by atoms with Crippen LogP contribution in [0.15, 0.2) is 54.1 Å². The fourth-order valence-electron chi connectivity index (χ4n) is 2.16. The first-order valence-corrected chi connectivity index (χ1v) is 7.53.